The van der Waals surface area contributed by atoms with E-state index in [1.807, 2.05) is 24.3 Å². The lowest BCUT2D eigenvalue weighted by Crippen LogP contribution is -2.49. The molecule has 0 saturated carbocycles. The van der Waals surface area contributed by atoms with Crippen LogP contribution >= 0.6 is 23.2 Å². The van der Waals surface area contributed by atoms with Crippen LogP contribution in [0.2, 0.25) is 10.0 Å². The van der Waals surface area contributed by atoms with Crippen molar-refractivity contribution in [1.29, 1.82) is 0 Å². The van der Waals surface area contributed by atoms with Crippen LogP contribution in [0.1, 0.15) is 30.7 Å². The minimum absolute atomic E-state index is 0.155. The first-order valence-corrected chi connectivity index (χ1v) is 11.5. The van der Waals surface area contributed by atoms with Crippen molar-refractivity contribution in [2.24, 2.45) is 0 Å². The van der Waals surface area contributed by atoms with Gasteiger partial charge in [-0.15, -0.1) is 0 Å². The molecule has 2 aromatic carbocycles. The monoisotopic (exact) mass is 484 g/mol. The molecule has 5 rings (SSSR count). The number of aromatic amines is 1. The van der Waals surface area contributed by atoms with E-state index < -0.39 is 29.4 Å². The molecule has 3 heterocycles. The van der Waals surface area contributed by atoms with Gasteiger partial charge < -0.3 is 15.2 Å². The first-order valence-electron chi connectivity index (χ1n) is 10.7. The molecule has 33 heavy (non-hydrogen) atoms. The number of imide groups is 1. The van der Waals surface area contributed by atoms with E-state index in [4.69, 9.17) is 23.2 Å². The maximum absolute atomic E-state index is 13.7. The highest BCUT2D eigenvalue weighted by atomic mass is 35.5. The van der Waals surface area contributed by atoms with Gasteiger partial charge in [-0.1, -0.05) is 47.5 Å². The number of benzene rings is 2. The maximum atomic E-state index is 13.7. The summed E-state index contributed by atoms with van der Waals surface area (Å²) in [5.74, 6) is -0.852. The summed E-state index contributed by atoms with van der Waals surface area (Å²) in [6, 6.07) is 11.4. The second-order valence-corrected chi connectivity index (χ2v) is 9.43. The van der Waals surface area contributed by atoms with Crippen LogP contribution in [0.4, 0.5) is 4.79 Å². The predicted molar refractivity (Wildman–Crippen MR) is 126 cm³/mol. The highest BCUT2D eigenvalue weighted by Gasteiger charge is 2.60. The molecule has 2 aliphatic rings. The van der Waals surface area contributed by atoms with Crippen molar-refractivity contribution in [2.75, 3.05) is 6.54 Å². The fraction of sp³-hybridized carbons (Fsp3) is 0.292. The maximum Gasteiger partial charge on any atom is 0.328 e. The van der Waals surface area contributed by atoms with Crippen LogP contribution in [0.15, 0.2) is 42.5 Å². The normalized spacial score (nSPS) is 20.7. The first-order chi connectivity index (χ1) is 15.7. The van der Waals surface area contributed by atoms with Crippen molar-refractivity contribution < 1.29 is 14.4 Å². The lowest BCUT2D eigenvalue weighted by atomic mass is 9.87. The average Bonchev–Trinajstić information content (AvgIpc) is 3.26. The number of nitrogens with zero attached hydrogens (tertiary/aromatic N) is 2. The molecule has 2 aliphatic heterocycles. The molecule has 9 heteroatoms. The number of fused-ring (bicyclic) bond motifs is 5. The largest absolute Gasteiger partial charge is 0.356 e. The molecule has 1 fully saturated rings. The molecular weight excluding hydrogens is 463 g/mol. The van der Waals surface area contributed by atoms with Crippen molar-refractivity contribution in [3.8, 4) is 0 Å². The van der Waals surface area contributed by atoms with E-state index in [1.165, 1.54) is 0 Å². The molecule has 2 unspecified atom stereocenters. The van der Waals surface area contributed by atoms with Crippen LogP contribution in [0.3, 0.4) is 0 Å². The molecule has 1 aromatic heterocycles. The zero-order valence-corrected chi connectivity index (χ0v) is 19.6. The lowest BCUT2D eigenvalue weighted by molar-refractivity contribution is -0.139. The van der Waals surface area contributed by atoms with Crippen LogP contribution in [0.5, 0.6) is 0 Å². The van der Waals surface area contributed by atoms with Crippen LogP contribution in [-0.4, -0.2) is 45.2 Å². The summed E-state index contributed by atoms with van der Waals surface area (Å²) in [7, 11) is 0. The van der Waals surface area contributed by atoms with E-state index in [-0.39, 0.29) is 6.54 Å². The number of carbonyl (C=O) groups is 3. The Balaban J connectivity index is 1.41. The molecule has 0 spiro atoms. The van der Waals surface area contributed by atoms with Crippen molar-refractivity contribution >= 4 is 52.0 Å². The Kier molecular flexibility index (Phi) is 5.14. The Labute approximate surface area is 200 Å². The zero-order chi connectivity index (χ0) is 23.5. The molecule has 0 aliphatic carbocycles. The third-order valence-electron chi connectivity index (χ3n) is 6.73. The topological polar surface area (TPSA) is 85.5 Å². The van der Waals surface area contributed by atoms with Crippen LogP contribution in [0, 0.1) is 0 Å². The molecule has 0 bridgehead atoms. The minimum atomic E-state index is -1.18. The van der Waals surface area contributed by atoms with Gasteiger partial charge in [0.15, 0.2) is 5.54 Å². The van der Waals surface area contributed by atoms with Gasteiger partial charge in [0, 0.05) is 34.0 Å². The van der Waals surface area contributed by atoms with Gasteiger partial charge in [-0.05, 0) is 49.6 Å². The summed E-state index contributed by atoms with van der Waals surface area (Å²) in [4.78, 5) is 45.8. The SMILES string of the molecule is CC(C(=O)NCc1ccc(Cl)cc1Cl)N1C(=O)N2CCc3c([nH]c4ccccc34)C2(C)C1=O. The Bertz CT molecular complexity index is 1320. The molecule has 7 nitrogen and oxygen atoms in total. The van der Waals surface area contributed by atoms with Gasteiger partial charge >= 0.3 is 6.03 Å². The van der Waals surface area contributed by atoms with E-state index in [0.717, 1.165) is 27.1 Å². The van der Waals surface area contributed by atoms with Crippen molar-refractivity contribution in [3.05, 3.63) is 69.3 Å². The standard InChI is InChI=1S/C24H22Cl2N4O3/c1-13(21(31)27-12-14-7-8-15(25)11-18(14)26)30-22(32)24(2)20-17(9-10-29(24)23(30)33)16-5-3-4-6-19(16)28-20/h3-8,11,13,28H,9-10,12H2,1-2H3,(H,27,31). The second kappa shape index (κ2) is 7.78. The highest BCUT2D eigenvalue weighted by molar-refractivity contribution is 6.35. The van der Waals surface area contributed by atoms with Crippen molar-refractivity contribution in [2.45, 2.75) is 38.4 Å². The van der Waals surface area contributed by atoms with E-state index in [1.54, 1.807) is 36.9 Å². The highest BCUT2D eigenvalue weighted by Crippen LogP contribution is 2.44. The Morgan fingerprint density at radius 1 is 1.21 bits per heavy atom. The summed E-state index contributed by atoms with van der Waals surface area (Å²) in [6.45, 7) is 3.87. The number of rotatable bonds is 4. The second-order valence-electron chi connectivity index (χ2n) is 8.59. The molecule has 1 saturated heterocycles. The molecule has 3 aromatic rings. The van der Waals surface area contributed by atoms with E-state index in [2.05, 4.69) is 10.3 Å². The zero-order valence-electron chi connectivity index (χ0n) is 18.1. The number of hydrogen-bond acceptors (Lipinski definition) is 3. The number of halogens is 2. The van der Waals surface area contributed by atoms with Crippen molar-refractivity contribution in [1.82, 2.24) is 20.1 Å². The van der Waals surface area contributed by atoms with Gasteiger partial charge in [0.1, 0.15) is 6.04 Å². The van der Waals surface area contributed by atoms with Gasteiger partial charge in [-0.2, -0.15) is 0 Å². The summed E-state index contributed by atoms with van der Waals surface area (Å²) < 4.78 is 0. The molecular formula is C24H22Cl2N4O3. The van der Waals surface area contributed by atoms with Gasteiger partial charge in [-0.25, -0.2) is 9.69 Å². The fourth-order valence-corrected chi connectivity index (χ4v) is 5.35. The minimum Gasteiger partial charge on any atom is -0.356 e. The van der Waals surface area contributed by atoms with Crippen LogP contribution in [-0.2, 0) is 28.1 Å². The molecule has 0 radical (unpaired) electrons. The molecule has 170 valence electrons. The molecule has 2 N–H and O–H groups in total. The number of para-hydroxylation sites is 1. The number of nitrogens with one attached hydrogen (secondary N) is 2. The Morgan fingerprint density at radius 2 is 1.97 bits per heavy atom. The summed E-state index contributed by atoms with van der Waals surface area (Å²) in [6.07, 6.45) is 0.636. The third-order valence-corrected chi connectivity index (χ3v) is 7.32. The average molecular weight is 485 g/mol. The van der Waals surface area contributed by atoms with Gasteiger partial charge in [-0.3, -0.25) is 9.59 Å². The van der Waals surface area contributed by atoms with Gasteiger partial charge in [0.25, 0.3) is 5.91 Å². The first kappa shape index (κ1) is 21.8. The third kappa shape index (κ3) is 3.21. The summed E-state index contributed by atoms with van der Waals surface area (Å²) in [5, 5.41) is 4.75. The fourth-order valence-electron chi connectivity index (χ4n) is 4.87. The Morgan fingerprint density at radius 3 is 2.73 bits per heavy atom. The lowest BCUT2D eigenvalue weighted by Gasteiger charge is -2.36. The Hall–Kier alpha value is -3.03. The van der Waals surface area contributed by atoms with Crippen LogP contribution in [0.25, 0.3) is 10.9 Å². The number of H-pyrrole nitrogens is 1. The number of urea groups is 1. The van der Waals surface area contributed by atoms with Crippen molar-refractivity contribution in [3.63, 3.8) is 0 Å². The molecule has 2 atom stereocenters. The quantitative estimate of drug-likeness (QED) is 0.543. The number of hydrogen-bond donors (Lipinski definition) is 2. The van der Waals surface area contributed by atoms with Gasteiger partial charge in [0.2, 0.25) is 5.91 Å². The van der Waals surface area contributed by atoms with Crippen LogP contribution < -0.4 is 5.32 Å². The van der Waals surface area contributed by atoms with E-state index in [9.17, 15) is 14.4 Å². The predicted octanol–water partition coefficient (Wildman–Crippen LogP) is 4.22. The van der Waals surface area contributed by atoms with Gasteiger partial charge in [0.05, 0.1) is 5.69 Å². The smallest absolute Gasteiger partial charge is 0.328 e. The number of aromatic nitrogens is 1. The number of amides is 4. The summed E-state index contributed by atoms with van der Waals surface area (Å²) in [5.41, 5.74) is 2.19. The molecule has 4 amide bonds. The van der Waals surface area contributed by atoms with E-state index >= 15 is 0 Å². The number of carbonyl (C=O) groups excluding carboxylic acids is 3. The summed E-state index contributed by atoms with van der Waals surface area (Å²) >= 11 is 12.1. The van der Waals surface area contributed by atoms with E-state index in [0.29, 0.717) is 28.6 Å².